The molecule has 1 saturated carbocycles. The maximum Gasteiger partial charge on any atom is 0.357 e. The number of nitrogens with zero attached hydrogens (tertiary/aromatic N) is 2. The number of nitrogens with one attached hydrogen (secondary N) is 1. The molecule has 6 nitrogen and oxygen atoms in total. The van der Waals surface area contributed by atoms with Crippen molar-refractivity contribution >= 4 is 17.6 Å². The minimum atomic E-state index is -0.561. The van der Waals surface area contributed by atoms with Gasteiger partial charge in [0.2, 0.25) is 0 Å². The third-order valence-electron chi connectivity index (χ3n) is 5.65. The molecule has 0 radical (unpaired) electrons. The van der Waals surface area contributed by atoms with Gasteiger partial charge in [0.25, 0.3) is 5.91 Å². The van der Waals surface area contributed by atoms with Crippen molar-refractivity contribution < 1.29 is 14.3 Å². The Hall–Kier alpha value is -3.41. The van der Waals surface area contributed by atoms with Gasteiger partial charge in [0.05, 0.1) is 11.4 Å². The van der Waals surface area contributed by atoms with Gasteiger partial charge in [-0.3, -0.25) is 4.79 Å². The van der Waals surface area contributed by atoms with Crippen molar-refractivity contribution in [2.45, 2.75) is 44.9 Å². The number of anilines is 1. The zero-order valence-electron chi connectivity index (χ0n) is 17.9. The van der Waals surface area contributed by atoms with Gasteiger partial charge >= 0.3 is 5.97 Å². The van der Waals surface area contributed by atoms with E-state index in [9.17, 15) is 9.59 Å². The van der Waals surface area contributed by atoms with E-state index in [1.165, 1.54) is 0 Å². The number of hydrogen-bond acceptors (Lipinski definition) is 4. The summed E-state index contributed by atoms with van der Waals surface area (Å²) in [5.41, 5.74) is 3.83. The van der Waals surface area contributed by atoms with Gasteiger partial charge in [-0.1, -0.05) is 50.2 Å². The van der Waals surface area contributed by atoms with Crippen molar-refractivity contribution in [3.05, 3.63) is 77.6 Å². The Morgan fingerprint density at radius 1 is 1.13 bits per heavy atom. The molecular formula is C25H27N3O3. The van der Waals surface area contributed by atoms with E-state index >= 15 is 0 Å². The van der Waals surface area contributed by atoms with Crippen LogP contribution in [0.5, 0.6) is 0 Å². The average Bonchev–Trinajstić information content (AvgIpc) is 3.56. The van der Waals surface area contributed by atoms with Gasteiger partial charge in [0.1, 0.15) is 0 Å². The van der Waals surface area contributed by atoms with Crippen LogP contribution in [0.2, 0.25) is 0 Å². The molecule has 1 aromatic heterocycles. The second kappa shape index (κ2) is 9.16. The predicted molar refractivity (Wildman–Crippen MR) is 120 cm³/mol. The van der Waals surface area contributed by atoms with E-state index in [-0.39, 0.29) is 12.5 Å². The summed E-state index contributed by atoms with van der Waals surface area (Å²) in [7, 11) is 0. The summed E-state index contributed by atoms with van der Waals surface area (Å²) in [5.74, 6) is -0.206. The molecule has 0 aliphatic heterocycles. The van der Waals surface area contributed by atoms with Gasteiger partial charge in [-0.25, -0.2) is 9.48 Å². The lowest BCUT2D eigenvalue weighted by Gasteiger charge is -2.15. The smallest absolute Gasteiger partial charge is 0.357 e. The maximum absolute atomic E-state index is 12.8. The Morgan fingerprint density at radius 2 is 1.84 bits per heavy atom. The van der Waals surface area contributed by atoms with Gasteiger partial charge < -0.3 is 10.1 Å². The fourth-order valence-corrected chi connectivity index (χ4v) is 3.54. The topological polar surface area (TPSA) is 73.2 Å². The Kier molecular flexibility index (Phi) is 6.16. The zero-order valence-corrected chi connectivity index (χ0v) is 17.9. The molecule has 6 heteroatoms. The summed E-state index contributed by atoms with van der Waals surface area (Å²) in [6, 6.07) is 19.0. The molecule has 0 saturated heterocycles. The van der Waals surface area contributed by atoms with Gasteiger partial charge in [0.15, 0.2) is 12.3 Å². The van der Waals surface area contributed by atoms with E-state index in [1.54, 1.807) is 10.7 Å². The Balaban J connectivity index is 1.45. The van der Waals surface area contributed by atoms with E-state index in [2.05, 4.69) is 24.3 Å². The van der Waals surface area contributed by atoms with Crippen LogP contribution < -0.4 is 5.32 Å². The van der Waals surface area contributed by atoms with E-state index in [0.717, 1.165) is 41.9 Å². The first-order valence-electron chi connectivity index (χ1n) is 10.8. The highest BCUT2D eigenvalue weighted by molar-refractivity contribution is 5.95. The normalized spacial score (nSPS) is 14.1. The molecule has 2 aromatic carbocycles. The van der Waals surface area contributed by atoms with Crippen molar-refractivity contribution in [3.63, 3.8) is 0 Å². The Morgan fingerprint density at radius 3 is 2.55 bits per heavy atom. The Labute approximate surface area is 182 Å². The lowest BCUT2D eigenvalue weighted by atomic mass is 9.97. The first-order chi connectivity index (χ1) is 15.1. The van der Waals surface area contributed by atoms with Gasteiger partial charge in [-0.15, -0.1) is 0 Å². The lowest BCUT2D eigenvalue weighted by molar-refractivity contribution is -0.119. The molecule has 1 amide bonds. The molecule has 1 atom stereocenters. The molecule has 0 unspecified atom stereocenters. The number of benzene rings is 2. The summed E-state index contributed by atoms with van der Waals surface area (Å²) in [6.45, 7) is 3.87. The van der Waals surface area contributed by atoms with Crippen LogP contribution in [0.3, 0.4) is 0 Å². The number of carbonyl (C=O) groups is 2. The van der Waals surface area contributed by atoms with Crippen LogP contribution >= 0.6 is 0 Å². The second-order valence-corrected chi connectivity index (χ2v) is 8.00. The van der Waals surface area contributed by atoms with Gasteiger partial charge in [0, 0.05) is 11.6 Å². The number of amides is 1. The predicted octanol–water partition coefficient (Wildman–Crippen LogP) is 5.06. The Bertz CT molecular complexity index is 1070. The molecule has 31 heavy (non-hydrogen) atoms. The molecule has 1 aliphatic rings. The van der Waals surface area contributed by atoms with Crippen molar-refractivity contribution in [1.29, 1.82) is 0 Å². The van der Waals surface area contributed by atoms with Crippen molar-refractivity contribution in [2.75, 3.05) is 11.9 Å². The maximum atomic E-state index is 12.8. The number of para-hydroxylation sites is 2. The van der Waals surface area contributed by atoms with Crippen LogP contribution in [0.15, 0.2) is 60.7 Å². The van der Waals surface area contributed by atoms with Gasteiger partial charge in [-0.2, -0.15) is 5.10 Å². The minimum Gasteiger partial charge on any atom is -0.451 e. The molecule has 1 N–H and O–H groups in total. The van der Waals surface area contributed by atoms with Crippen molar-refractivity contribution in [1.82, 2.24) is 9.78 Å². The van der Waals surface area contributed by atoms with Crippen LogP contribution in [0.25, 0.3) is 5.69 Å². The number of carbonyl (C=O) groups excluding carboxylic acids is 2. The first-order valence-corrected chi connectivity index (χ1v) is 10.8. The highest BCUT2D eigenvalue weighted by atomic mass is 16.5. The highest BCUT2D eigenvalue weighted by Crippen LogP contribution is 2.39. The summed E-state index contributed by atoms with van der Waals surface area (Å²) in [5, 5.41) is 7.49. The van der Waals surface area contributed by atoms with Crippen molar-refractivity contribution in [3.8, 4) is 5.69 Å². The fraction of sp³-hybridized carbons (Fsp3) is 0.320. The third-order valence-corrected chi connectivity index (χ3v) is 5.65. The van der Waals surface area contributed by atoms with Gasteiger partial charge in [-0.05, 0) is 55.0 Å². The molecule has 3 aromatic rings. The van der Waals surface area contributed by atoms with Crippen LogP contribution in [0.4, 0.5) is 5.69 Å². The van der Waals surface area contributed by atoms with E-state index in [0.29, 0.717) is 17.5 Å². The average molecular weight is 418 g/mol. The molecule has 1 heterocycles. The lowest BCUT2D eigenvalue weighted by Crippen LogP contribution is -2.22. The standard InChI is InChI=1S/C25H27N3O3/c1-3-17(2)20-11-7-8-12-21(20)26-24(29)16-31-25(30)23-15-22(18-13-14-18)27-28(23)19-9-5-4-6-10-19/h4-12,15,17-18H,3,13-14,16H2,1-2H3,(H,26,29)/t17-/m0/s1. The third kappa shape index (κ3) is 4.85. The van der Waals surface area contributed by atoms with Crippen LogP contribution in [0.1, 0.15) is 66.7 Å². The zero-order chi connectivity index (χ0) is 21.8. The highest BCUT2D eigenvalue weighted by Gasteiger charge is 2.29. The second-order valence-electron chi connectivity index (χ2n) is 8.00. The number of esters is 1. The summed E-state index contributed by atoms with van der Waals surface area (Å²) < 4.78 is 6.96. The van der Waals surface area contributed by atoms with Crippen LogP contribution in [0, 0.1) is 0 Å². The van der Waals surface area contributed by atoms with Crippen molar-refractivity contribution in [2.24, 2.45) is 0 Å². The van der Waals surface area contributed by atoms with E-state index < -0.39 is 5.97 Å². The molecule has 0 bridgehead atoms. The number of aromatic nitrogens is 2. The minimum absolute atomic E-state index is 0.320. The quantitative estimate of drug-likeness (QED) is 0.520. The first kappa shape index (κ1) is 20.8. The fourth-order valence-electron chi connectivity index (χ4n) is 3.54. The molecule has 160 valence electrons. The molecule has 0 spiro atoms. The number of ether oxygens (including phenoxy) is 1. The monoisotopic (exact) mass is 417 g/mol. The van der Waals surface area contributed by atoms with Crippen LogP contribution in [-0.2, 0) is 9.53 Å². The summed E-state index contributed by atoms with van der Waals surface area (Å²) in [4.78, 5) is 25.3. The summed E-state index contributed by atoms with van der Waals surface area (Å²) in [6.07, 6.45) is 3.13. The molecule has 1 fully saturated rings. The largest absolute Gasteiger partial charge is 0.451 e. The number of rotatable bonds is 8. The number of hydrogen-bond donors (Lipinski definition) is 1. The van der Waals surface area contributed by atoms with E-state index in [1.807, 2.05) is 54.6 Å². The van der Waals surface area contributed by atoms with Crippen LogP contribution in [-0.4, -0.2) is 28.3 Å². The SMILES string of the molecule is CC[C@H](C)c1ccccc1NC(=O)COC(=O)c1cc(C2CC2)nn1-c1ccccc1. The summed E-state index contributed by atoms with van der Waals surface area (Å²) >= 11 is 0. The molecule has 4 rings (SSSR count). The van der Waals surface area contributed by atoms with E-state index in [4.69, 9.17) is 4.74 Å². The molecule has 1 aliphatic carbocycles. The molecular weight excluding hydrogens is 390 g/mol.